The molecule has 0 aliphatic carbocycles. The highest BCUT2D eigenvalue weighted by molar-refractivity contribution is 5.80. The fourth-order valence-corrected chi connectivity index (χ4v) is 0.943. The van der Waals surface area contributed by atoms with Crippen molar-refractivity contribution in [2.75, 3.05) is 6.61 Å². The minimum Gasteiger partial charge on any atom is -0.480 e. The van der Waals surface area contributed by atoms with Crippen LogP contribution in [0.2, 0.25) is 0 Å². The minimum atomic E-state index is -1.09. The highest BCUT2D eigenvalue weighted by Crippen LogP contribution is 2.19. The highest BCUT2D eigenvalue weighted by atomic mass is 16.5. The molecule has 0 radical (unpaired) electrons. The quantitative estimate of drug-likeness (QED) is 0.695. The number of carbonyl (C=O) groups excluding carboxylic acids is 1. The summed E-state index contributed by atoms with van der Waals surface area (Å²) in [5.41, 5.74) is -0.570. The topological polar surface area (TPSA) is 75.6 Å². The largest absolute Gasteiger partial charge is 0.480 e. The van der Waals surface area contributed by atoms with Crippen LogP contribution in [0.5, 0.6) is 0 Å². The Labute approximate surface area is 89.1 Å². The van der Waals surface area contributed by atoms with Crippen LogP contribution in [0.3, 0.4) is 0 Å². The van der Waals surface area contributed by atoms with Gasteiger partial charge in [-0.25, -0.2) is 9.59 Å². The molecule has 0 saturated carbocycles. The normalized spacial score (nSPS) is 12.7. The van der Waals surface area contributed by atoms with Gasteiger partial charge in [0.25, 0.3) is 0 Å². The van der Waals surface area contributed by atoms with Crippen LogP contribution in [0.25, 0.3) is 0 Å². The van der Waals surface area contributed by atoms with Gasteiger partial charge in [0.15, 0.2) is 0 Å². The van der Waals surface area contributed by atoms with E-state index in [2.05, 4.69) is 16.6 Å². The Bertz CT molecular complexity index is 255. The summed E-state index contributed by atoms with van der Waals surface area (Å²) in [7, 11) is 0. The number of hydrogen-bond acceptors (Lipinski definition) is 3. The van der Waals surface area contributed by atoms with Gasteiger partial charge in [-0.05, 0) is 5.41 Å². The molecule has 0 aromatic heterocycles. The van der Waals surface area contributed by atoms with E-state index in [1.807, 2.05) is 0 Å². The Morgan fingerprint density at radius 3 is 2.40 bits per heavy atom. The maximum atomic E-state index is 11.1. The van der Waals surface area contributed by atoms with Crippen molar-refractivity contribution in [2.45, 2.75) is 26.8 Å². The van der Waals surface area contributed by atoms with Gasteiger partial charge >= 0.3 is 12.1 Å². The molecule has 0 aliphatic rings. The molecule has 15 heavy (non-hydrogen) atoms. The SMILES string of the molecule is C=CCOC(=O)N[C@@H](C(=O)O)C(C)(C)C. The third-order valence-electron chi connectivity index (χ3n) is 1.71. The van der Waals surface area contributed by atoms with Crippen molar-refractivity contribution in [1.29, 1.82) is 0 Å². The fourth-order valence-electron chi connectivity index (χ4n) is 0.943. The number of hydrogen-bond donors (Lipinski definition) is 2. The maximum Gasteiger partial charge on any atom is 0.408 e. The lowest BCUT2D eigenvalue weighted by molar-refractivity contribution is -0.142. The number of rotatable bonds is 4. The zero-order valence-electron chi connectivity index (χ0n) is 9.24. The molecule has 5 nitrogen and oxygen atoms in total. The van der Waals surface area contributed by atoms with E-state index in [1.54, 1.807) is 20.8 Å². The van der Waals surface area contributed by atoms with Crippen LogP contribution in [0, 0.1) is 5.41 Å². The molecular weight excluding hydrogens is 198 g/mol. The van der Waals surface area contributed by atoms with Crippen molar-refractivity contribution in [1.82, 2.24) is 5.32 Å². The second-order valence-electron chi connectivity index (χ2n) is 4.17. The number of carboxylic acids is 1. The lowest BCUT2D eigenvalue weighted by Crippen LogP contribution is -2.49. The summed E-state index contributed by atoms with van der Waals surface area (Å²) in [5, 5.41) is 11.2. The zero-order valence-corrected chi connectivity index (χ0v) is 9.24. The minimum absolute atomic E-state index is 0.0579. The standard InChI is InChI=1S/C10H17NO4/c1-5-6-15-9(14)11-7(8(12)13)10(2,3)4/h5,7H,1,6H2,2-4H3,(H,11,14)(H,12,13)/t7-/m0/s1. The third kappa shape index (κ3) is 5.05. The van der Waals surface area contributed by atoms with E-state index >= 15 is 0 Å². The van der Waals surface area contributed by atoms with Crippen LogP contribution in [0.15, 0.2) is 12.7 Å². The first-order valence-electron chi connectivity index (χ1n) is 4.56. The van der Waals surface area contributed by atoms with E-state index in [4.69, 9.17) is 5.11 Å². The predicted molar refractivity (Wildman–Crippen MR) is 55.6 cm³/mol. The number of nitrogens with one attached hydrogen (secondary N) is 1. The molecule has 0 bridgehead atoms. The molecular formula is C10H17NO4. The van der Waals surface area contributed by atoms with Gasteiger partial charge in [0.2, 0.25) is 0 Å². The lowest BCUT2D eigenvalue weighted by Gasteiger charge is -2.27. The number of ether oxygens (including phenoxy) is 1. The van der Waals surface area contributed by atoms with E-state index in [-0.39, 0.29) is 6.61 Å². The molecule has 0 fully saturated rings. The number of alkyl carbamates (subject to hydrolysis) is 1. The molecule has 0 spiro atoms. The second-order valence-corrected chi connectivity index (χ2v) is 4.17. The molecule has 0 aliphatic heterocycles. The summed E-state index contributed by atoms with van der Waals surface area (Å²) >= 11 is 0. The first-order chi connectivity index (χ1) is 6.79. The summed E-state index contributed by atoms with van der Waals surface area (Å²) in [5.74, 6) is -1.09. The molecule has 0 rings (SSSR count). The van der Waals surface area contributed by atoms with Crippen molar-refractivity contribution in [3.63, 3.8) is 0 Å². The Balaban J connectivity index is 4.37. The average Bonchev–Trinajstić information content (AvgIpc) is 2.08. The molecule has 0 heterocycles. The number of carboxylic acid groups (broad SMARTS) is 1. The summed E-state index contributed by atoms with van der Waals surface area (Å²) in [4.78, 5) is 22.0. The van der Waals surface area contributed by atoms with E-state index in [0.717, 1.165) is 0 Å². The third-order valence-corrected chi connectivity index (χ3v) is 1.71. The number of aliphatic carboxylic acids is 1. The zero-order chi connectivity index (χ0) is 12.1. The van der Waals surface area contributed by atoms with Gasteiger partial charge in [-0.2, -0.15) is 0 Å². The van der Waals surface area contributed by atoms with Gasteiger partial charge in [0.05, 0.1) is 0 Å². The van der Waals surface area contributed by atoms with Gasteiger partial charge < -0.3 is 15.2 Å². The van der Waals surface area contributed by atoms with Crippen molar-refractivity contribution in [2.24, 2.45) is 5.41 Å². The molecule has 5 heteroatoms. The van der Waals surface area contributed by atoms with Crippen LogP contribution < -0.4 is 5.32 Å². The molecule has 0 saturated heterocycles. The summed E-state index contributed by atoms with van der Waals surface area (Å²) in [6.45, 7) is 8.60. The number of carbonyl (C=O) groups is 2. The smallest absolute Gasteiger partial charge is 0.408 e. The average molecular weight is 215 g/mol. The predicted octanol–water partition coefficient (Wildman–Crippen LogP) is 1.40. The monoisotopic (exact) mass is 215 g/mol. The Morgan fingerprint density at radius 1 is 1.53 bits per heavy atom. The van der Waals surface area contributed by atoms with Gasteiger partial charge in [0.1, 0.15) is 12.6 Å². The molecule has 0 aromatic carbocycles. The van der Waals surface area contributed by atoms with Crippen LogP contribution in [-0.4, -0.2) is 29.8 Å². The first-order valence-corrected chi connectivity index (χ1v) is 4.56. The van der Waals surface area contributed by atoms with Gasteiger partial charge in [-0.1, -0.05) is 33.4 Å². The van der Waals surface area contributed by atoms with Crippen LogP contribution in [0.4, 0.5) is 4.79 Å². The van der Waals surface area contributed by atoms with Crippen molar-refractivity contribution < 1.29 is 19.4 Å². The highest BCUT2D eigenvalue weighted by Gasteiger charge is 2.32. The lowest BCUT2D eigenvalue weighted by atomic mass is 9.87. The molecule has 1 amide bonds. The van der Waals surface area contributed by atoms with Gasteiger partial charge in [-0.3, -0.25) is 0 Å². The van der Waals surface area contributed by atoms with Crippen LogP contribution in [0.1, 0.15) is 20.8 Å². The first kappa shape index (κ1) is 13.5. The van der Waals surface area contributed by atoms with Gasteiger partial charge in [0, 0.05) is 0 Å². The van der Waals surface area contributed by atoms with E-state index in [1.165, 1.54) is 6.08 Å². The van der Waals surface area contributed by atoms with Crippen LogP contribution in [-0.2, 0) is 9.53 Å². The van der Waals surface area contributed by atoms with Crippen molar-refractivity contribution in [3.8, 4) is 0 Å². The van der Waals surface area contributed by atoms with Gasteiger partial charge in [-0.15, -0.1) is 0 Å². The summed E-state index contributed by atoms with van der Waals surface area (Å²) in [6.07, 6.45) is 0.657. The van der Waals surface area contributed by atoms with E-state index in [9.17, 15) is 9.59 Å². The van der Waals surface area contributed by atoms with E-state index in [0.29, 0.717) is 0 Å². The summed E-state index contributed by atoms with van der Waals surface area (Å²) in [6, 6.07) is -0.977. The molecule has 86 valence electrons. The summed E-state index contributed by atoms with van der Waals surface area (Å²) < 4.78 is 4.64. The van der Waals surface area contributed by atoms with Crippen LogP contribution >= 0.6 is 0 Å². The Morgan fingerprint density at radius 2 is 2.07 bits per heavy atom. The molecule has 0 unspecified atom stereocenters. The number of amides is 1. The second kappa shape index (κ2) is 5.38. The van der Waals surface area contributed by atoms with Crippen molar-refractivity contribution in [3.05, 3.63) is 12.7 Å². The molecule has 2 N–H and O–H groups in total. The Hall–Kier alpha value is -1.52. The van der Waals surface area contributed by atoms with Crippen molar-refractivity contribution >= 4 is 12.1 Å². The maximum absolute atomic E-state index is 11.1. The molecule has 1 atom stereocenters. The Kier molecular flexibility index (Phi) is 4.84. The molecule has 0 aromatic rings. The van der Waals surface area contributed by atoms with E-state index < -0.39 is 23.5 Å². The fraction of sp³-hybridized carbons (Fsp3) is 0.600.